The first-order valence-corrected chi connectivity index (χ1v) is 6.67. The number of pyridine rings is 1. The fourth-order valence-corrected chi connectivity index (χ4v) is 1.79. The largest absolute Gasteiger partial charge is 0.327 e. The molecule has 2 rings (SSSR count). The smallest absolute Gasteiger partial charge is 0.178 e. The average molecular weight is 307 g/mol. The zero-order valence-corrected chi connectivity index (χ0v) is 11.8. The summed E-state index contributed by atoms with van der Waals surface area (Å²) in [5, 5.41) is 0. The minimum Gasteiger partial charge on any atom is -0.327 e. The second kappa shape index (κ2) is 6.02. The van der Waals surface area contributed by atoms with Crippen LogP contribution in [0.5, 0.6) is 0 Å². The maximum absolute atomic E-state index is 5.93. The molecule has 5 heteroatoms. The van der Waals surface area contributed by atoms with Gasteiger partial charge in [0.15, 0.2) is 5.82 Å². The molecule has 0 aliphatic heterocycles. The van der Waals surface area contributed by atoms with E-state index < -0.39 is 0 Å². The number of nitrogens with zero attached hydrogens (tertiary/aromatic N) is 3. The van der Waals surface area contributed by atoms with Gasteiger partial charge in [-0.1, -0.05) is 6.92 Å². The highest BCUT2D eigenvalue weighted by Gasteiger charge is 2.06. The molecule has 0 aliphatic carbocycles. The highest BCUT2D eigenvalue weighted by Crippen LogP contribution is 2.15. The Labute approximate surface area is 115 Å². The maximum Gasteiger partial charge on any atom is 0.178 e. The van der Waals surface area contributed by atoms with Crippen LogP contribution in [0.4, 0.5) is 0 Å². The van der Waals surface area contributed by atoms with Crippen LogP contribution < -0.4 is 5.73 Å². The summed E-state index contributed by atoms with van der Waals surface area (Å²) in [6.45, 7) is 2.07. The van der Waals surface area contributed by atoms with Gasteiger partial charge in [-0.25, -0.2) is 9.97 Å². The molecule has 0 fully saturated rings. The van der Waals surface area contributed by atoms with Crippen LogP contribution >= 0.6 is 15.9 Å². The van der Waals surface area contributed by atoms with Crippen molar-refractivity contribution in [3.8, 4) is 11.5 Å². The minimum atomic E-state index is 0.144. The number of hydrogen-bond donors (Lipinski definition) is 1. The molecule has 0 saturated heterocycles. The van der Waals surface area contributed by atoms with Crippen LogP contribution in [0.3, 0.4) is 0 Å². The van der Waals surface area contributed by atoms with Gasteiger partial charge in [-0.15, -0.1) is 0 Å². The zero-order valence-electron chi connectivity index (χ0n) is 10.2. The Hall–Kier alpha value is -1.33. The number of rotatable bonds is 4. The van der Waals surface area contributed by atoms with Gasteiger partial charge in [0.05, 0.1) is 0 Å². The van der Waals surface area contributed by atoms with E-state index in [1.165, 1.54) is 0 Å². The highest BCUT2D eigenvalue weighted by molar-refractivity contribution is 9.10. The molecule has 0 aliphatic rings. The first-order chi connectivity index (χ1) is 8.69. The van der Waals surface area contributed by atoms with E-state index in [1.807, 2.05) is 18.2 Å². The molecule has 94 valence electrons. The van der Waals surface area contributed by atoms with Crippen molar-refractivity contribution in [2.24, 2.45) is 5.73 Å². The molecule has 2 heterocycles. The summed E-state index contributed by atoms with van der Waals surface area (Å²) in [5.41, 5.74) is 7.66. The van der Waals surface area contributed by atoms with Crippen LogP contribution in [0.25, 0.3) is 11.5 Å². The zero-order chi connectivity index (χ0) is 13.0. The van der Waals surface area contributed by atoms with Crippen molar-refractivity contribution >= 4 is 15.9 Å². The molecule has 1 unspecified atom stereocenters. The van der Waals surface area contributed by atoms with Gasteiger partial charge < -0.3 is 5.73 Å². The Balaban J connectivity index is 2.24. The van der Waals surface area contributed by atoms with E-state index in [-0.39, 0.29) is 6.04 Å². The summed E-state index contributed by atoms with van der Waals surface area (Å²) < 4.78 is 0.940. The van der Waals surface area contributed by atoms with Crippen molar-refractivity contribution in [2.45, 2.75) is 25.8 Å². The van der Waals surface area contributed by atoms with Gasteiger partial charge in [0.2, 0.25) is 0 Å². The fraction of sp³-hybridized carbons (Fsp3) is 0.308. The molecule has 2 N–H and O–H groups in total. The number of hydrogen-bond acceptors (Lipinski definition) is 4. The van der Waals surface area contributed by atoms with Gasteiger partial charge >= 0.3 is 0 Å². The summed E-state index contributed by atoms with van der Waals surface area (Å²) in [5.74, 6) is 0.642. The molecule has 0 spiro atoms. The SMILES string of the molecule is CCC(N)Cc1ccnc(-c2ccc(Br)cn2)n1. The molecule has 2 aromatic rings. The second-order valence-electron chi connectivity index (χ2n) is 4.11. The Morgan fingerprint density at radius 1 is 1.28 bits per heavy atom. The molecule has 0 saturated carbocycles. The number of halogens is 1. The summed E-state index contributed by atoms with van der Waals surface area (Å²) >= 11 is 3.35. The predicted octanol–water partition coefficient (Wildman–Crippen LogP) is 2.58. The van der Waals surface area contributed by atoms with Crippen molar-refractivity contribution in [3.63, 3.8) is 0 Å². The van der Waals surface area contributed by atoms with Crippen LogP contribution in [0.15, 0.2) is 35.1 Å². The van der Waals surface area contributed by atoms with Crippen molar-refractivity contribution < 1.29 is 0 Å². The number of aromatic nitrogens is 3. The third-order valence-corrected chi connectivity index (χ3v) is 3.13. The van der Waals surface area contributed by atoms with Gasteiger partial charge in [0.25, 0.3) is 0 Å². The molecule has 4 nitrogen and oxygen atoms in total. The average Bonchev–Trinajstić information content (AvgIpc) is 2.40. The van der Waals surface area contributed by atoms with E-state index in [0.29, 0.717) is 5.82 Å². The Kier molecular flexibility index (Phi) is 4.38. The summed E-state index contributed by atoms with van der Waals surface area (Å²) in [4.78, 5) is 13.0. The van der Waals surface area contributed by atoms with Gasteiger partial charge in [-0.3, -0.25) is 4.98 Å². The lowest BCUT2D eigenvalue weighted by Crippen LogP contribution is -2.22. The Bertz CT molecular complexity index is 513. The van der Waals surface area contributed by atoms with Crippen LogP contribution in [0.2, 0.25) is 0 Å². The normalized spacial score (nSPS) is 12.4. The van der Waals surface area contributed by atoms with Crippen molar-refractivity contribution in [3.05, 3.63) is 40.8 Å². The first kappa shape index (κ1) is 13.1. The van der Waals surface area contributed by atoms with Crippen LogP contribution in [0, 0.1) is 0 Å². The van der Waals surface area contributed by atoms with E-state index in [2.05, 4.69) is 37.8 Å². The highest BCUT2D eigenvalue weighted by atomic mass is 79.9. The van der Waals surface area contributed by atoms with Gasteiger partial charge in [-0.2, -0.15) is 0 Å². The van der Waals surface area contributed by atoms with Crippen molar-refractivity contribution in [1.29, 1.82) is 0 Å². The third-order valence-electron chi connectivity index (χ3n) is 2.67. The standard InChI is InChI=1S/C13H15BrN4/c1-2-10(15)7-11-5-6-16-13(18-11)12-4-3-9(14)8-17-12/h3-6,8,10H,2,7,15H2,1H3. The lowest BCUT2D eigenvalue weighted by molar-refractivity contribution is 0.636. The maximum atomic E-state index is 5.93. The lowest BCUT2D eigenvalue weighted by Gasteiger charge is -2.08. The van der Waals surface area contributed by atoms with Crippen LogP contribution in [-0.2, 0) is 6.42 Å². The third kappa shape index (κ3) is 3.34. The molecule has 0 bridgehead atoms. The van der Waals surface area contributed by atoms with Gasteiger partial charge in [0.1, 0.15) is 5.69 Å². The molecule has 0 aromatic carbocycles. The quantitative estimate of drug-likeness (QED) is 0.943. The van der Waals surface area contributed by atoms with Crippen LogP contribution in [0.1, 0.15) is 19.0 Å². The van der Waals surface area contributed by atoms with Gasteiger partial charge in [0, 0.05) is 35.0 Å². The fourth-order valence-electron chi connectivity index (χ4n) is 1.55. The molecule has 0 amide bonds. The van der Waals surface area contributed by atoms with Crippen molar-refractivity contribution in [2.75, 3.05) is 0 Å². The molecule has 0 radical (unpaired) electrons. The first-order valence-electron chi connectivity index (χ1n) is 5.88. The summed E-state index contributed by atoms with van der Waals surface area (Å²) in [6.07, 6.45) is 5.20. The molecular weight excluding hydrogens is 292 g/mol. The Morgan fingerprint density at radius 2 is 2.11 bits per heavy atom. The molecule has 18 heavy (non-hydrogen) atoms. The van der Waals surface area contributed by atoms with Crippen molar-refractivity contribution in [1.82, 2.24) is 15.0 Å². The second-order valence-corrected chi connectivity index (χ2v) is 5.02. The molecular formula is C13H15BrN4. The molecule has 2 aromatic heterocycles. The van der Waals surface area contributed by atoms with E-state index in [4.69, 9.17) is 5.73 Å². The van der Waals surface area contributed by atoms with E-state index in [1.54, 1.807) is 12.4 Å². The Morgan fingerprint density at radius 3 is 2.78 bits per heavy atom. The molecule has 1 atom stereocenters. The monoisotopic (exact) mass is 306 g/mol. The predicted molar refractivity (Wildman–Crippen MR) is 74.9 cm³/mol. The summed E-state index contributed by atoms with van der Waals surface area (Å²) in [6, 6.07) is 5.86. The van der Waals surface area contributed by atoms with E-state index in [9.17, 15) is 0 Å². The summed E-state index contributed by atoms with van der Waals surface area (Å²) in [7, 11) is 0. The van der Waals surface area contributed by atoms with Crippen LogP contribution in [-0.4, -0.2) is 21.0 Å². The van der Waals surface area contributed by atoms with E-state index >= 15 is 0 Å². The minimum absolute atomic E-state index is 0.144. The van der Waals surface area contributed by atoms with Gasteiger partial charge in [-0.05, 0) is 40.5 Å². The number of nitrogens with two attached hydrogens (primary N) is 1. The topological polar surface area (TPSA) is 64.7 Å². The van der Waals surface area contributed by atoms with E-state index in [0.717, 1.165) is 28.7 Å². The lowest BCUT2D eigenvalue weighted by atomic mass is 10.1.